The van der Waals surface area contributed by atoms with Gasteiger partial charge in [-0.2, -0.15) is 0 Å². The number of hydrogen-bond donors (Lipinski definition) is 0. The number of amides is 1. The Labute approximate surface area is 158 Å². The molecule has 0 aliphatic carbocycles. The normalized spacial score (nSPS) is 19.4. The fourth-order valence-corrected chi connectivity index (χ4v) is 3.58. The molecule has 0 aromatic heterocycles. The van der Waals surface area contributed by atoms with E-state index in [9.17, 15) is 4.79 Å². The van der Waals surface area contributed by atoms with E-state index in [0.29, 0.717) is 54.4 Å². The van der Waals surface area contributed by atoms with Crippen LogP contribution in [0.5, 0.6) is 5.75 Å². The maximum atomic E-state index is 12.3. The second kappa shape index (κ2) is 9.08. The summed E-state index contributed by atoms with van der Waals surface area (Å²) in [5.74, 6) is 1.13. The van der Waals surface area contributed by atoms with Crippen LogP contribution < -0.4 is 4.74 Å². The van der Waals surface area contributed by atoms with Gasteiger partial charge in [0.15, 0.2) is 6.29 Å². The first-order chi connectivity index (χ1) is 12.1. The van der Waals surface area contributed by atoms with E-state index in [4.69, 9.17) is 37.4 Å². The molecule has 2 aliphatic rings. The van der Waals surface area contributed by atoms with Gasteiger partial charge >= 0.3 is 0 Å². The van der Waals surface area contributed by atoms with Crippen molar-refractivity contribution in [2.75, 3.05) is 32.9 Å². The summed E-state index contributed by atoms with van der Waals surface area (Å²) in [6.07, 6.45) is 2.92. The zero-order valence-corrected chi connectivity index (χ0v) is 15.6. The van der Waals surface area contributed by atoms with Gasteiger partial charge in [-0.25, -0.2) is 0 Å². The van der Waals surface area contributed by atoms with Gasteiger partial charge in [-0.05, 0) is 31.4 Å². The third-order valence-corrected chi connectivity index (χ3v) is 5.44. The Hall–Kier alpha value is -1.01. The second-order valence-electron chi connectivity index (χ2n) is 6.33. The van der Waals surface area contributed by atoms with Crippen LogP contribution in [-0.4, -0.2) is 50.0 Å². The zero-order chi connectivity index (χ0) is 17.6. The largest absolute Gasteiger partial charge is 0.492 e. The number of piperidine rings is 1. The Morgan fingerprint density at radius 2 is 1.92 bits per heavy atom. The number of ether oxygens (including phenoxy) is 3. The van der Waals surface area contributed by atoms with Crippen molar-refractivity contribution in [2.24, 2.45) is 5.92 Å². The molecule has 0 bridgehead atoms. The van der Waals surface area contributed by atoms with E-state index >= 15 is 0 Å². The fourth-order valence-electron chi connectivity index (χ4n) is 3.23. The quantitative estimate of drug-likeness (QED) is 0.697. The van der Waals surface area contributed by atoms with Crippen molar-refractivity contribution in [3.8, 4) is 5.75 Å². The lowest BCUT2D eigenvalue weighted by Gasteiger charge is -2.33. The molecule has 3 rings (SSSR count). The third-order valence-electron chi connectivity index (χ3n) is 4.63. The SMILES string of the molecule is O=C(CCCOc1cccc(Cl)c1Cl)N1CCC(C2OCCO2)CC1. The standard InChI is InChI=1S/C18H23Cl2NO4/c19-14-3-1-4-15(17(14)20)23-10-2-5-16(22)21-8-6-13(7-9-21)18-24-11-12-25-18/h1,3-4,13,18H,2,5-12H2. The molecule has 7 heteroatoms. The predicted molar refractivity (Wildman–Crippen MR) is 96.2 cm³/mol. The average Bonchev–Trinajstić information content (AvgIpc) is 3.17. The highest BCUT2D eigenvalue weighted by Gasteiger charge is 2.31. The Morgan fingerprint density at radius 1 is 1.20 bits per heavy atom. The minimum atomic E-state index is -0.0758. The topological polar surface area (TPSA) is 48.0 Å². The van der Waals surface area contributed by atoms with Crippen molar-refractivity contribution in [2.45, 2.75) is 32.0 Å². The highest BCUT2D eigenvalue weighted by molar-refractivity contribution is 6.42. The van der Waals surface area contributed by atoms with Gasteiger partial charge in [0.25, 0.3) is 0 Å². The molecule has 0 radical (unpaired) electrons. The Morgan fingerprint density at radius 3 is 2.64 bits per heavy atom. The number of rotatable bonds is 6. The summed E-state index contributed by atoms with van der Waals surface area (Å²) in [4.78, 5) is 14.2. The molecule has 138 valence electrons. The average molecular weight is 388 g/mol. The van der Waals surface area contributed by atoms with E-state index in [1.807, 2.05) is 4.90 Å². The van der Waals surface area contributed by atoms with Crippen LogP contribution in [0.4, 0.5) is 0 Å². The summed E-state index contributed by atoms with van der Waals surface area (Å²) >= 11 is 12.0. The second-order valence-corrected chi connectivity index (χ2v) is 7.12. The van der Waals surface area contributed by atoms with Crippen molar-refractivity contribution < 1.29 is 19.0 Å². The van der Waals surface area contributed by atoms with Crippen molar-refractivity contribution >= 4 is 29.1 Å². The van der Waals surface area contributed by atoms with Gasteiger partial charge in [0.1, 0.15) is 10.8 Å². The number of nitrogens with zero attached hydrogens (tertiary/aromatic N) is 1. The van der Waals surface area contributed by atoms with Crippen LogP contribution in [0.3, 0.4) is 0 Å². The van der Waals surface area contributed by atoms with Gasteiger partial charge in [0, 0.05) is 25.4 Å². The molecule has 0 atom stereocenters. The molecule has 2 fully saturated rings. The molecule has 0 spiro atoms. The molecule has 2 aliphatic heterocycles. The van der Waals surface area contributed by atoms with Crippen LogP contribution in [0.2, 0.25) is 10.0 Å². The summed E-state index contributed by atoms with van der Waals surface area (Å²) < 4.78 is 16.8. The van der Waals surface area contributed by atoms with E-state index in [1.54, 1.807) is 18.2 Å². The summed E-state index contributed by atoms with van der Waals surface area (Å²) in [5, 5.41) is 0.877. The summed E-state index contributed by atoms with van der Waals surface area (Å²) in [6.45, 7) is 3.34. The molecule has 2 saturated heterocycles. The summed E-state index contributed by atoms with van der Waals surface area (Å²) in [7, 11) is 0. The minimum Gasteiger partial charge on any atom is -0.492 e. The Bertz CT molecular complexity index is 584. The fraction of sp³-hybridized carbons (Fsp3) is 0.611. The molecular formula is C18H23Cl2NO4. The molecule has 1 aromatic carbocycles. The molecule has 0 unspecified atom stereocenters. The molecule has 0 N–H and O–H groups in total. The van der Waals surface area contributed by atoms with Crippen LogP contribution in [0.15, 0.2) is 18.2 Å². The lowest BCUT2D eigenvalue weighted by atomic mass is 9.96. The van der Waals surface area contributed by atoms with Crippen LogP contribution >= 0.6 is 23.2 Å². The molecule has 1 amide bonds. The summed E-state index contributed by atoms with van der Waals surface area (Å²) in [5.41, 5.74) is 0. The van der Waals surface area contributed by atoms with Crippen molar-refractivity contribution in [1.82, 2.24) is 4.90 Å². The monoisotopic (exact) mass is 387 g/mol. The minimum absolute atomic E-state index is 0.0758. The number of carbonyl (C=O) groups excluding carboxylic acids is 1. The van der Waals surface area contributed by atoms with Gasteiger partial charge in [-0.15, -0.1) is 0 Å². The van der Waals surface area contributed by atoms with Crippen LogP contribution in [0.1, 0.15) is 25.7 Å². The first-order valence-electron chi connectivity index (χ1n) is 8.73. The third kappa shape index (κ3) is 5.00. The maximum absolute atomic E-state index is 12.3. The van der Waals surface area contributed by atoms with Gasteiger partial charge in [-0.1, -0.05) is 29.3 Å². The lowest BCUT2D eigenvalue weighted by molar-refractivity contribution is -0.137. The molecule has 5 nitrogen and oxygen atoms in total. The van der Waals surface area contributed by atoms with Gasteiger partial charge < -0.3 is 19.1 Å². The first-order valence-corrected chi connectivity index (χ1v) is 9.48. The van der Waals surface area contributed by atoms with Crippen molar-refractivity contribution in [1.29, 1.82) is 0 Å². The molecule has 0 saturated carbocycles. The van der Waals surface area contributed by atoms with E-state index in [0.717, 1.165) is 25.9 Å². The zero-order valence-electron chi connectivity index (χ0n) is 14.1. The summed E-state index contributed by atoms with van der Waals surface area (Å²) in [6, 6.07) is 5.27. The van der Waals surface area contributed by atoms with E-state index < -0.39 is 0 Å². The van der Waals surface area contributed by atoms with Crippen LogP contribution in [0, 0.1) is 5.92 Å². The molecule has 2 heterocycles. The highest BCUT2D eigenvalue weighted by atomic mass is 35.5. The maximum Gasteiger partial charge on any atom is 0.222 e. The van der Waals surface area contributed by atoms with Gasteiger partial charge in [0.2, 0.25) is 5.91 Å². The number of hydrogen-bond acceptors (Lipinski definition) is 4. The Kier molecular flexibility index (Phi) is 6.82. The van der Waals surface area contributed by atoms with Gasteiger partial charge in [0.05, 0.1) is 24.8 Å². The van der Waals surface area contributed by atoms with Crippen LogP contribution in [0.25, 0.3) is 0 Å². The van der Waals surface area contributed by atoms with E-state index in [-0.39, 0.29) is 12.2 Å². The number of carbonyl (C=O) groups is 1. The molecule has 25 heavy (non-hydrogen) atoms. The predicted octanol–water partition coefficient (Wildman–Crippen LogP) is 3.76. The first kappa shape index (κ1) is 18.8. The van der Waals surface area contributed by atoms with Gasteiger partial charge in [-0.3, -0.25) is 4.79 Å². The lowest BCUT2D eigenvalue weighted by Crippen LogP contribution is -2.41. The highest BCUT2D eigenvalue weighted by Crippen LogP contribution is 2.31. The molecular weight excluding hydrogens is 365 g/mol. The molecule has 1 aromatic rings. The Balaban J connectivity index is 1.35. The smallest absolute Gasteiger partial charge is 0.222 e. The number of halogens is 2. The number of benzene rings is 1. The number of likely N-dealkylation sites (tertiary alicyclic amines) is 1. The van der Waals surface area contributed by atoms with E-state index in [2.05, 4.69) is 0 Å². The van der Waals surface area contributed by atoms with Crippen LogP contribution in [-0.2, 0) is 14.3 Å². The van der Waals surface area contributed by atoms with Crippen molar-refractivity contribution in [3.05, 3.63) is 28.2 Å². The van der Waals surface area contributed by atoms with Crippen molar-refractivity contribution in [3.63, 3.8) is 0 Å². The van der Waals surface area contributed by atoms with E-state index in [1.165, 1.54) is 0 Å².